The van der Waals surface area contributed by atoms with Crippen LogP contribution in [0.3, 0.4) is 0 Å². The van der Waals surface area contributed by atoms with Crippen molar-refractivity contribution in [2.45, 2.75) is 25.1 Å². The standard InChI is InChI=1S/C12H17F3N2O3S/c13-12(14,15)11(10(19)20)1-3-17(7-11)9(18)5-8-6-21-4-2-16-8/h8,16H,1-7H2,(H,19,20). The summed E-state index contributed by atoms with van der Waals surface area (Å²) in [5, 5.41) is 12.1. The number of carbonyl (C=O) groups excluding carboxylic acids is 1. The van der Waals surface area contributed by atoms with Crippen LogP contribution in [0.4, 0.5) is 13.2 Å². The highest BCUT2D eigenvalue weighted by atomic mass is 32.2. The fourth-order valence-electron chi connectivity index (χ4n) is 2.64. The average Bonchev–Trinajstić information content (AvgIpc) is 2.86. The fraction of sp³-hybridized carbons (Fsp3) is 0.833. The highest BCUT2D eigenvalue weighted by molar-refractivity contribution is 7.99. The van der Waals surface area contributed by atoms with Crippen molar-refractivity contribution in [2.24, 2.45) is 5.41 Å². The lowest BCUT2D eigenvalue weighted by molar-refractivity contribution is -0.227. The molecule has 0 aromatic heterocycles. The van der Waals surface area contributed by atoms with Gasteiger partial charge in [-0.25, -0.2) is 0 Å². The summed E-state index contributed by atoms with van der Waals surface area (Å²) < 4.78 is 39.1. The van der Waals surface area contributed by atoms with Crippen molar-refractivity contribution in [3.8, 4) is 0 Å². The van der Waals surface area contributed by atoms with Gasteiger partial charge < -0.3 is 15.3 Å². The molecule has 5 nitrogen and oxygen atoms in total. The number of halogens is 3. The Morgan fingerprint density at radius 3 is 2.62 bits per heavy atom. The Morgan fingerprint density at radius 1 is 1.43 bits per heavy atom. The monoisotopic (exact) mass is 326 g/mol. The Morgan fingerprint density at radius 2 is 2.14 bits per heavy atom. The van der Waals surface area contributed by atoms with Crippen LogP contribution in [-0.2, 0) is 9.59 Å². The molecule has 2 atom stereocenters. The van der Waals surface area contributed by atoms with E-state index in [4.69, 9.17) is 5.11 Å². The van der Waals surface area contributed by atoms with Crippen molar-refractivity contribution < 1.29 is 27.9 Å². The molecule has 0 bridgehead atoms. The van der Waals surface area contributed by atoms with E-state index < -0.39 is 36.4 Å². The second kappa shape index (κ2) is 6.04. The van der Waals surface area contributed by atoms with E-state index in [0.717, 1.165) is 23.0 Å². The van der Waals surface area contributed by atoms with Crippen molar-refractivity contribution in [3.63, 3.8) is 0 Å². The predicted molar refractivity (Wildman–Crippen MR) is 71.1 cm³/mol. The van der Waals surface area contributed by atoms with Crippen molar-refractivity contribution in [1.82, 2.24) is 10.2 Å². The van der Waals surface area contributed by atoms with Crippen molar-refractivity contribution in [1.29, 1.82) is 0 Å². The SMILES string of the molecule is O=C(CC1CSCCN1)N1CCC(C(=O)O)(C(F)(F)F)C1. The van der Waals surface area contributed by atoms with E-state index >= 15 is 0 Å². The molecule has 2 rings (SSSR count). The summed E-state index contributed by atoms with van der Waals surface area (Å²) in [6.07, 6.45) is -5.32. The molecule has 2 fully saturated rings. The van der Waals surface area contributed by atoms with E-state index in [0.29, 0.717) is 0 Å². The predicted octanol–water partition coefficient (Wildman–Crippen LogP) is 0.947. The normalized spacial score (nSPS) is 30.4. The van der Waals surface area contributed by atoms with Gasteiger partial charge in [0.15, 0.2) is 5.41 Å². The summed E-state index contributed by atoms with van der Waals surface area (Å²) in [6.45, 7) is -0.181. The summed E-state index contributed by atoms with van der Waals surface area (Å²) in [7, 11) is 0. The van der Waals surface area contributed by atoms with E-state index in [1.54, 1.807) is 11.8 Å². The van der Waals surface area contributed by atoms with Gasteiger partial charge in [-0.3, -0.25) is 9.59 Å². The van der Waals surface area contributed by atoms with E-state index in [-0.39, 0.29) is 19.0 Å². The minimum Gasteiger partial charge on any atom is -0.481 e. The Bertz CT molecular complexity index is 426. The maximum absolute atomic E-state index is 13.0. The highest BCUT2D eigenvalue weighted by Gasteiger charge is 2.64. The molecule has 2 N–H and O–H groups in total. The van der Waals surface area contributed by atoms with Crippen LogP contribution in [0.25, 0.3) is 0 Å². The minimum atomic E-state index is -4.85. The molecule has 0 aromatic carbocycles. The Labute approximate surface area is 124 Å². The first-order valence-electron chi connectivity index (χ1n) is 6.65. The van der Waals surface area contributed by atoms with Crippen LogP contribution in [0, 0.1) is 5.41 Å². The summed E-state index contributed by atoms with van der Waals surface area (Å²) in [6, 6.07) is -0.0537. The molecule has 0 aliphatic carbocycles. The van der Waals surface area contributed by atoms with E-state index in [9.17, 15) is 22.8 Å². The quantitative estimate of drug-likeness (QED) is 0.808. The number of carbonyl (C=O) groups is 2. The molecule has 0 spiro atoms. The minimum absolute atomic E-state index is 0.0537. The topological polar surface area (TPSA) is 69.6 Å². The molecular weight excluding hydrogens is 309 g/mol. The highest BCUT2D eigenvalue weighted by Crippen LogP contribution is 2.45. The number of alkyl halides is 3. The smallest absolute Gasteiger partial charge is 0.406 e. The van der Waals surface area contributed by atoms with Gasteiger partial charge >= 0.3 is 12.1 Å². The number of likely N-dealkylation sites (tertiary alicyclic amines) is 1. The number of nitrogens with zero attached hydrogens (tertiary/aromatic N) is 1. The molecule has 1 amide bonds. The van der Waals surface area contributed by atoms with Gasteiger partial charge in [0.05, 0.1) is 0 Å². The van der Waals surface area contributed by atoms with Crippen LogP contribution >= 0.6 is 11.8 Å². The van der Waals surface area contributed by atoms with Gasteiger partial charge in [-0.15, -0.1) is 0 Å². The summed E-state index contributed by atoms with van der Waals surface area (Å²) in [5.41, 5.74) is -2.82. The first-order valence-corrected chi connectivity index (χ1v) is 7.81. The van der Waals surface area contributed by atoms with Gasteiger partial charge in [0.2, 0.25) is 5.91 Å². The van der Waals surface area contributed by atoms with E-state index in [2.05, 4.69) is 5.32 Å². The molecule has 9 heteroatoms. The van der Waals surface area contributed by atoms with Crippen molar-refractivity contribution >= 4 is 23.6 Å². The zero-order valence-corrected chi connectivity index (χ0v) is 12.1. The van der Waals surface area contributed by atoms with Crippen LogP contribution in [-0.4, -0.2) is 65.2 Å². The second-order valence-corrected chi connectivity index (χ2v) is 6.53. The number of hydrogen-bond acceptors (Lipinski definition) is 4. The van der Waals surface area contributed by atoms with Gasteiger partial charge in [-0.05, 0) is 6.42 Å². The first-order chi connectivity index (χ1) is 9.76. The third-order valence-electron chi connectivity index (χ3n) is 3.99. The fourth-order valence-corrected chi connectivity index (χ4v) is 3.59. The van der Waals surface area contributed by atoms with Crippen LogP contribution < -0.4 is 5.32 Å². The lowest BCUT2D eigenvalue weighted by atomic mass is 9.86. The number of carboxylic acids is 1. The zero-order valence-electron chi connectivity index (χ0n) is 11.3. The number of rotatable bonds is 3. The molecule has 2 aliphatic rings. The molecular formula is C12H17F3N2O3S. The number of hydrogen-bond donors (Lipinski definition) is 2. The molecule has 2 heterocycles. The van der Waals surface area contributed by atoms with Gasteiger partial charge in [-0.2, -0.15) is 24.9 Å². The van der Waals surface area contributed by atoms with Crippen LogP contribution in [0.5, 0.6) is 0 Å². The Balaban J connectivity index is 2.00. The van der Waals surface area contributed by atoms with E-state index in [1.807, 2.05) is 0 Å². The largest absolute Gasteiger partial charge is 0.481 e. The third kappa shape index (κ3) is 3.28. The molecule has 0 saturated carbocycles. The van der Waals surface area contributed by atoms with Gasteiger partial charge in [0.1, 0.15) is 0 Å². The van der Waals surface area contributed by atoms with Gasteiger partial charge in [0, 0.05) is 43.6 Å². The maximum atomic E-state index is 13.0. The first kappa shape index (κ1) is 16.4. The molecule has 2 aliphatic heterocycles. The third-order valence-corrected chi connectivity index (χ3v) is 5.12. The Hall–Kier alpha value is -0.960. The van der Waals surface area contributed by atoms with Crippen molar-refractivity contribution in [3.05, 3.63) is 0 Å². The average molecular weight is 326 g/mol. The summed E-state index contributed by atoms with van der Waals surface area (Å²) in [4.78, 5) is 24.2. The molecule has 2 unspecified atom stereocenters. The molecule has 120 valence electrons. The molecule has 0 radical (unpaired) electrons. The second-order valence-electron chi connectivity index (χ2n) is 5.38. The van der Waals surface area contributed by atoms with E-state index in [1.165, 1.54) is 0 Å². The Kier molecular flexibility index (Phi) is 4.72. The zero-order chi connectivity index (χ0) is 15.7. The summed E-state index contributed by atoms with van der Waals surface area (Å²) in [5.74, 6) is -0.632. The van der Waals surface area contributed by atoms with Crippen LogP contribution in [0.15, 0.2) is 0 Å². The lowest BCUT2D eigenvalue weighted by Gasteiger charge is -2.28. The van der Waals surface area contributed by atoms with Gasteiger partial charge in [-0.1, -0.05) is 0 Å². The molecule has 0 aromatic rings. The number of aliphatic carboxylic acids is 1. The number of thioether (sulfide) groups is 1. The van der Waals surface area contributed by atoms with Gasteiger partial charge in [0.25, 0.3) is 0 Å². The van der Waals surface area contributed by atoms with Crippen LogP contribution in [0.2, 0.25) is 0 Å². The lowest BCUT2D eigenvalue weighted by Crippen LogP contribution is -2.48. The van der Waals surface area contributed by atoms with Crippen LogP contribution in [0.1, 0.15) is 12.8 Å². The molecule has 21 heavy (non-hydrogen) atoms. The number of nitrogens with one attached hydrogen (secondary N) is 1. The van der Waals surface area contributed by atoms with Crippen molar-refractivity contribution in [2.75, 3.05) is 31.1 Å². The summed E-state index contributed by atoms with van der Waals surface area (Å²) >= 11 is 1.69. The molecule has 2 saturated heterocycles. The maximum Gasteiger partial charge on any atom is 0.406 e. The number of carboxylic acid groups (broad SMARTS) is 1. The number of amides is 1.